The van der Waals surface area contributed by atoms with Crippen molar-refractivity contribution in [2.24, 2.45) is 0 Å². The average Bonchev–Trinajstić information content (AvgIpc) is 2.83. The Hall–Kier alpha value is -2.54. The Morgan fingerprint density at radius 2 is 1.63 bits per heavy atom. The number of cyclic esters (lactones) is 2. The highest BCUT2D eigenvalue weighted by Crippen LogP contribution is 2.22. The molecule has 1 saturated heterocycles. The average molecular weight is 260 g/mol. The standard InChI is InChI=1S/C12H8N2O5/c15-9-5-8(12(18)19-9)13-14-10(16)6-3-1-2-4-7(6)11(14)17/h1-4,8,13H,5H2. The molecule has 1 atom stereocenters. The molecule has 0 aliphatic carbocycles. The van der Waals surface area contributed by atoms with E-state index in [0.29, 0.717) is 0 Å². The number of imide groups is 1. The Labute approximate surface area is 107 Å². The second-order valence-electron chi connectivity index (χ2n) is 4.17. The summed E-state index contributed by atoms with van der Waals surface area (Å²) in [4.78, 5) is 46.2. The van der Waals surface area contributed by atoms with Crippen molar-refractivity contribution in [2.75, 3.05) is 0 Å². The van der Waals surface area contributed by atoms with Crippen molar-refractivity contribution in [1.29, 1.82) is 0 Å². The van der Waals surface area contributed by atoms with Gasteiger partial charge in [0.15, 0.2) is 0 Å². The zero-order chi connectivity index (χ0) is 13.6. The normalized spacial score (nSPS) is 21.9. The maximum Gasteiger partial charge on any atom is 0.333 e. The molecule has 1 N–H and O–H groups in total. The minimum atomic E-state index is -1.00. The van der Waals surface area contributed by atoms with Crippen molar-refractivity contribution in [1.82, 2.24) is 10.4 Å². The number of carbonyl (C=O) groups is 4. The Morgan fingerprint density at radius 1 is 1.05 bits per heavy atom. The molecule has 2 heterocycles. The molecule has 7 nitrogen and oxygen atoms in total. The minimum absolute atomic E-state index is 0.202. The molecule has 96 valence electrons. The summed E-state index contributed by atoms with van der Waals surface area (Å²) >= 11 is 0. The fraction of sp³-hybridized carbons (Fsp3) is 0.167. The Morgan fingerprint density at radius 3 is 2.11 bits per heavy atom. The molecule has 7 heteroatoms. The molecular formula is C12H8N2O5. The summed E-state index contributed by atoms with van der Waals surface area (Å²) in [5.74, 6) is -2.57. The number of rotatable bonds is 2. The van der Waals surface area contributed by atoms with Crippen LogP contribution in [0.4, 0.5) is 0 Å². The van der Waals surface area contributed by atoms with E-state index in [2.05, 4.69) is 10.2 Å². The number of nitrogens with zero attached hydrogens (tertiary/aromatic N) is 1. The highest BCUT2D eigenvalue weighted by atomic mass is 16.6. The van der Waals surface area contributed by atoms with Gasteiger partial charge in [0.05, 0.1) is 17.5 Å². The number of carbonyl (C=O) groups excluding carboxylic acids is 4. The van der Waals surface area contributed by atoms with Crippen LogP contribution in [0, 0.1) is 0 Å². The number of amides is 2. The van der Waals surface area contributed by atoms with Crippen molar-refractivity contribution in [3.8, 4) is 0 Å². The third-order valence-corrected chi connectivity index (χ3v) is 2.95. The number of nitrogens with one attached hydrogen (secondary N) is 1. The third kappa shape index (κ3) is 1.71. The van der Waals surface area contributed by atoms with Gasteiger partial charge in [-0.15, -0.1) is 0 Å². The van der Waals surface area contributed by atoms with Gasteiger partial charge in [0.2, 0.25) is 0 Å². The van der Waals surface area contributed by atoms with E-state index in [1.54, 1.807) is 12.1 Å². The van der Waals surface area contributed by atoms with Gasteiger partial charge in [0, 0.05) is 0 Å². The maximum atomic E-state index is 12.0. The first-order chi connectivity index (χ1) is 9.08. The Kier molecular flexibility index (Phi) is 2.42. The molecule has 1 aromatic rings. The predicted octanol–water partition coefficient (Wildman–Crippen LogP) is -0.371. The summed E-state index contributed by atoms with van der Waals surface area (Å²) in [5.41, 5.74) is 2.97. The van der Waals surface area contributed by atoms with E-state index in [1.165, 1.54) is 12.1 Å². The molecule has 2 aliphatic heterocycles. The fourth-order valence-electron chi connectivity index (χ4n) is 2.04. The summed E-state index contributed by atoms with van der Waals surface area (Å²) in [7, 11) is 0. The van der Waals surface area contributed by atoms with Gasteiger partial charge in [-0.2, -0.15) is 0 Å². The van der Waals surface area contributed by atoms with Crippen LogP contribution in [0.25, 0.3) is 0 Å². The lowest BCUT2D eigenvalue weighted by atomic mass is 10.1. The largest absolute Gasteiger partial charge is 0.392 e. The molecule has 0 radical (unpaired) electrons. The van der Waals surface area contributed by atoms with Crippen LogP contribution in [0.5, 0.6) is 0 Å². The van der Waals surface area contributed by atoms with E-state index in [4.69, 9.17) is 0 Å². The third-order valence-electron chi connectivity index (χ3n) is 2.95. The van der Waals surface area contributed by atoms with Gasteiger partial charge in [-0.25, -0.2) is 15.2 Å². The van der Waals surface area contributed by atoms with Gasteiger partial charge in [0.25, 0.3) is 11.8 Å². The lowest BCUT2D eigenvalue weighted by Crippen LogP contribution is -2.49. The molecule has 0 saturated carbocycles. The van der Waals surface area contributed by atoms with E-state index < -0.39 is 29.8 Å². The van der Waals surface area contributed by atoms with E-state index in [9.17, 15) is 19.2 Å². The molecule has 0 spiro atoms. The molecule has 0 aromatic heterocycles. The first-order valence-corrected chi connectivity index (χ1v) is 5.56. The molecular weight excluding hydrogens is 252 g/mol. The van der Waals surface area contributed by atoms with Crippen molar-refractivity contribution >= 4 is 23.8 Å². The molecule has 2 aliphatic rings. The Balaban J connectivity index is 1.85. The van der Waals surface area contributed by atoms with E-state index >= 15 is 0 Å². The number of hydrogen-bond acceptors (Lipinski definition) is 6. The lowest BCUT2D eigenvalue weighted by Gasteiger charge is -2.17. The van der Waals surface area contributed by atoms with Crippen LogP contribution in [-0.4, -0.2) is 34.8 Å². The van der Waals surface area contributed by atoms with Crippen LogP contribution in [0.15, 0.2) is 24.3 Å². The Bertz CT molecular complexity index is 589. The number of ether oxygens (including phenoxy) is 1. The summed E-state index contributed by atoms with van der Waals surface area (Å²) in [6.45, 7) is 0. The number of hydrazine groups is 1. The molecule has 3 rings (SSSR count). The number of esters is 2. The minimum Gasteiger partial charge on any atom is -0.392 e. The molecule has 1 aromatic carbocycles. The van der Waals surface area contributed by atoms with Crippen LogP contribution in [0.3, 0.4) is 0 Å². The van der Waals surface area contributed by atoms with Gasteiger partial charge in [-0.1, -0.05) is 12.1 Å². The number of fused-ring (bicyclic) bond motifs is 1. The van der Waals surface area contributed by atoms with Crippen LogP contribution >= 0.6 is 0 Å². The number of hydrogen-bond donors (Lipinski definition) is 1. The van der Waals surface area contributed by atoms with Gasteiger partial charge in [0.1, 0.15) is 6.04 Å². The zero-order valence-corrected chi connectivity index (χ0v) is 9.58. The van der Waals surface area contributed by atoms with E-state index in [1.807, 2.05) is 0 Å². The molecule has 19 heavy (non-hydrogen) atoms. The van der Waals surface area contributed by atoms with Crippen LogP contribution < -0.4 is 5.43 Å². The first-order valence-electron chi connectivity index (χ1n) is 5.56. The van der Waals surface area contributed by atoms with Gasteiger partial charge < -0.3 is 4.74 Å². The van der Waals surface area contributed by atoms with Crippen LogP contribution in [0.2, 0.25) is 0 Å². The van der Waals surface area contributed by atoms with Crippen LogP contribution in [-0.2, 0) is 14.3 Å². The quantitative estimate of drug-likeness (QED) is 0.443. The smallest absolute Gasteiger partial charge is 0.333 e. The highest BCUT2D eigenvalue weighted by Gasteiger charge is 2.41. The predicted molar refractivity (Wildman–Crippen MR) is 59.6 cm³/mol. The van der Waals surface area contributed by atoms with E-state index in [0.717, 1.165) is 5.01 Å². The van der Waals surface area contributed by atoms with Gasteiger partial charge in [-0.05, 0) is 12.1 Å². The summed E-state index contributed by atoms with van der Waals surface area (Å²) in [6.07, 6.45) is -0.202. The van der Waals surface area contributed by atoms with Crippen molar-refractivity contribution in [3.63, 3.8) is 0 Å². The van der Waals surface area contributed by atoms with Gasteiger partial charge in [-0.3, -0.25) is 14.4 Å². The fourth-order valence-corrected chi connectivity index (χ4v) is 2.04. The summed E-state index contributed by atoms with van der Waals surface area (Å²) in [6, 6.07) is 5.32. The monoisotopic (exact) mass is 260 g/mol. The van der Waals surface area contributed by atoms with E-state index in [-0.39, 0.29) is 17.5 Å². The van der Waals surface area contributed by atoms with Gasteiger partial charge >= 0.3 is 11.9 Å². The molecule has 0 bridgehead atoms. The topological polar surface area (TPSA) is 92.8 Å². The van der Waals surface area contributed by atoms with Crippen molar-refractivity contribution in [2.45, 2.75) is 12.5 Å². The van der Waals surface area contributed by atoms with Crippen LogP contribution in [0.1, 0.15) is 27.1 Å². The maximum absolute atomic E-state index is 12.0. The summed E-state index contributed by atoms with van der Waals surface area (Å²) in [5, 5.41) is 0.745. The molecule has 1 fully saturated rings. The second kappa shape index (κ2) is 3.99. The zero-order valence-electron chi connectivity index (χ0n) is 9.58. The molecule has 2 amide bonds. The lowest BCUT2D eigenvalue weighted by molar-refractivity contribution is -0.152. The number of benzene rings is 1. The summed E-state index contributed by atoms with van der Waals surface area (Å²) < 4.78 is 4.34. The molecule has 1 unspecified atom stereocenters. The second-order valence-corrected chi connectivity index (χ2v) is 4.17. The van der Waals surface area contributed by atoms with Crippen molar-refractivity contribution < 1.29 is 23.9 Å². The SMILES string of the molecule is O=C1CC(NN2C(=O)c3ccccc3C2=O)C(=O)O1. The first kappa shape index (κ1) is 11.5. The highest BCUT2D eigenvalue weighted by molar-refractivity contribution is 6.21. The van der Waals surface area contributed by atoms with Crippen molar-refractivity contribution in [3.05, 3.63) is 35.4 Å².